The summed E-state index contributed by atoms with van der Waals surface area (Å²) in [5.41, 5.74) is 0.619. The van der Waals surface area contributed by atoms with E-state index in [-0.39, 0.29) is 27.9 Å². The molecule has 0 heterocycles. The highest BCUT2D eigenvalue weighted by Gasteiger charge is 2.30. The van der Waals surface area contributed by atoms with E-state index in [1.807, 2.05) is 13.8 Å². The monoisotopic (exact) mass is 355 g/mol. The highest BCUT2D eigenvalue weighted by molar-refractivity contribution is 7.89. The molecule has 1 unspecified atom stereocenters. The van der Waals surface area contributed by atoms with Crippen LogP contribution in [0.15, 0.2) is 29.2 Å². The average molecular weight is 355 g/mol. The first-order valence-corrected chi connectivity index (χ1v) is 9.45. The van der Waals surface area contributed by atoms with Crippen LogP contribution in [0.1, 0.15) is 33.1 Å². The Morgan fingerprint density at radius 3 is 2.43 bits per heavy atom. The number of thiocarbonyl (C=S) groups is 1. The summed E-state index contributed by atoms with van der Waals surface area (Å²) in [5.74, 6) is 0.00773. The predicted molar refractivity (Wildman–Crippen MR) is 93.6 cm³/mol. The van der Waals surface area contributed by atoms with E-state index in [4.69, 9.17) is 12.2 Å². The summed E-state index contributed by atoms with van der Waals surface area (Å²) in [6.07, 6.45) is 2.53. The molecule has 126 valence electrons. The molecule has 1 aliphatic rings. The number of carbonyl (C=O) groups is 1. The van der Waals surface area contributed by atoms with Crippen molar-refractivity contribution in [2.24, 2.45) is 5.92 Å². The average Bonchev–Trinajstić information content (AvgIpc) is 3.31. The molecule has 1 atom stereocenters. The SMILES string of the molecule is CCC(C)NS(=O)(=O)c1ccc(NC(=S)NC(=O)C2CC2)cc1. The second-order valence-electron chi connectivity index (χ2n) is 5.67. The maximum atomic E-state index is 12.1. The fourth-order valence-electron chi connectivity index (χ4n) is 1.86. The number of benzene rings is 1. The fraction of sp³-hybridized carbons (Fsp3) is 0.467. The van der Waals surface area contributed by atoms with Gasteiger partial charge in [0.2, 0.25) is 15.9 Å². The number of amides is 1. The molecule has 1 aromatic rings. The minimum Gasteiger partial charge on any atom is -0.332 e. The molecule has 2 rings (SSSR count). The third-order valence-corrected chi connectivity index (χ3v) is 5.39. The Labute approximate surface area is 142 Å². The molecular weight excluding hydrogens is 334 g/mol. The molecule has 0 saturated heterocycles. The van der Waals surface area contributed by atoms with Gasteiger partial charge in [-0.05, 0) is 62.7 Å². The lowest BCUT2D eigenvalue weighted by Gasteiger charge is -2.13. The van der Waals surface area contributed by atoms with Crippen molar-refractivity contribution >= 4 is 38.9 Å². The molecule has 1 fully saturated rings. The first-order valence-electron chi connectivity index (χ1n) is 7.56. The number of carbonyl (C=O) groups excluding carboxylic acids is 1. The van der Waals surface area contributed by atoms with Crippen molar-refractivity contribution in [3.05, 3.63) is 24.3 Å². The van der Waals surface area contributed by atoms with Crippen LogP contribution in [0, 0.1) is 5.92 Å². The molecule has 23 heavy (non-hydrogen) atoms. The lowest BCUT2D eigenvalue weighted by atomic mass is 10.3. The molecule has 1 aromatic carbocycles. The molecule has 1 saturated carbocycles. The molecular formula is C15H21N3O3S2. The number of sulfonamides is 1. The van der Waals surface area contributed by atoms with Gasteiger partial charge in [-0.3, -0.25) is 4.79 Å². The van der Waals surface area contributed by atoms with Gasteiger partial charge in [0.15, 0.2) is 5.11 Å². The smallest absolute Gasteiger partial charge is 0.240 e. The van der Waals surface area contributed by atoms with Crippen LogP contribution in [0.2, 0.25) is 0 Å². The summed E-state index contributed by atoms with van der Waals surface area (Å²) in [6, 6.07) is 6.10. The van der Waals surface area contributed by atoms with E-state index < -0.39 is 10.0 Å². The Balaban J connectivity index is 1.96. The lowest BCUT2D eigenvalue weighted by Crippen LogP contribution is -2.35. The van der Waals surface area contributed by atoms with Gasteiger partial charge in [-0.25, -0.2) is 13.1 Å². The molecule has 0 aliphatic heterocycles. The molecule has 3 N–H and O–H groups in total. The van der Waals surface area contributed by atoms with Crippen molar-refractivity contribution in [2.45, 2.75) is 44.0 Å². The molecule has 6 nitrogen and oxygen atoms in total. The van der Waals surface area contributed by atoms with Crippen LogP contribution in [-0.4, -0.2) is 25.5 Å². The lowest BCUT2D eigenvalue weighted by molar-refractivity contribution is -0.120. The van der Waals surface area contributed by atoms with Crippen LogP contribution in [0.4, 0.5) is 5.69 Å². The quantitative estimate of drug-likeness (QED) is 0.679. The minimum absolute atomic E-state index is 0.0700. The van der Waals surface area contributed by atoms with Crippen LogP contribution in [0.25, 0.3) is 0 Å². The highest BCUT2D eigenvalue weighted by Crippen LogP contribution is 2.28. The normalized spacial score (nSPS) is 15.7. The predicted octanol–water partition coefficient (Wildman–Crippen LogP) is 1.99. The molecule has 1 amide bonds. The Kier molecular flexibility index (Phi) is 5.72. The van der Waals surface area contributed by atoms with Gasteiger partial charge in [-0.15, -0.1) is 0 Å². The first kappa shape index (κ1) is 17.8. The highest BCUT2D eigenvalue weighted by atomic mass is 32.2. The Hall–Kier alpha value is -1.51. The van der Waals surface area contributed by atoms with Crippen molar-refractivity contribution in [2.75, 3.05) is 5.32 Å². The summed E-state index contributed by atoms with van der Waals surface area (Å²) in [4.78, 5) is 11.8. The van der Waals surface area contributed by atoms with Crippen LogP contribution < -0.4 is 15.4 Å². The van der Waals surface area contributed by atoms with Crippen molar-refractivity contribution in [3.63, 3.8) is 0 Å². The molecule has 0 radical (unpaired) electrons. The maximum absolute atomic E-state index is 12.1. The van der Waals surface area contributed by atoms with Crippen molar-refractivity contribution in [1.29, 1.82) is 0 Å². The third kappa shape index (κ3) is 5.26. The minimum atomic E-state index is -3.52. The second kappa shape index (κ2) is 7.37. The Bertz CT molecular complexity index is 682. The van der Waals surface area contributed by atoms with Crippen LogP contribution in [0.5, 0.6) is 0 Å². The summed E-state index contributed by atoms with van der Waals surface area (Å²) >= 11 is 5.06. The van der Waals surface area contributed by atoms with E-state index in [9.17, 15) is 13.2 Å². The van der Waals surface area contributed by atoms with Crippen LogP contribution >= 0.6 is 12.2 Å². The number of nitrogens with one attached hydrogen (secondary N) is 3. The zero-order valence-corrected chi connectivity index (χ0v) is 14.8. The summed E-state index contributed by atoms with van der Waals surface area (Å²) in [6.45, 7) is 3.73. The molecule has 1 aliphatic carbocycles. The number of rotatable bonds is 6. The Morgan fingerprint density at radius 2 is 1.91 bits per heavy atom. The molecule has 0 bridgehead atoms. The van der Waals surface area contributed by atoms with E-state index in [0.717, 1.165) is 12.8 Å². The van der Waals surface area contributed by atoms with Gasteiger partial charge in [0, 0.05) is 17.6 Å². The van der Waals surface area contributed by atoms with E-state index in [2.05, 4.69) is 15.4 Å². The van der Waals surface area contributed by atoms with Gasteiger partial charge < -0.3 is 10.6 Å². The van der Waals surface area contributed by atoms with Gasteiger partial charge in [0.05, 0.1) is 4.90 Å². The second-order valence-corrected chi connectivity index (χ2v) is 7.79. The van der Waals surface area contributed by atoms with E-state index >= 15 is 0 Å². The summed E-state index contributed by atoms with van der Waals surface area (Å²) in [5, 5.41) is 5.71. The number of hydrogen-bond acceptors (Lipinski definition) is 4. The summed E-state index contributed by atoms with van der Waals surface area (Å²) < 4.78 is 26.9. The first-order chi connectivity index (χ1) is 10.8. The largest absolute Gasteiger partial charge is 0.332 e. The topological polar surface area (TPSA) is 87.3 Å². The molecule has 0 aromatic heterocycles. The van der Waals surface area contributed by atoms with Crippen molar-refractivity contribution < 1.29 is 13.2 Å². The molecule has 0 spiro atoms. The van der Waals surface area contributed by atoms with Gasteiger partial charge in [-0.1, -0.05) is 6.92 Å². The van der Waals surface area contributed by atoms with Crippen molar-refractivity contribution in [1.82, 2.24) is 10.0 Å². The van der Waals surface area contributed by atoms with Gasteiger partial charge in [-0.2, -0.15) is 0 Å². The van der Waals surface area contributed by atoms with Crippen LogP contribution in [0.3, 0.4) is 0 Å². The number of hydrogen-bond donors (Lipinski definition) is 3. The van der Waals surface area contributed by atoms with E-state index in [1.165, 1.54) is 12.1 Å². The van der Waals surface area contributed by atoms with E-state index in [1.54, 1.807) is 12.1 Å². The van der Waals surface area contributed by atoms with Gasteiger partial charge >= 0.3 is 0 Å². The van der Waals surface area contributed by atoms with Crippen LogP contribution in [-0.2, 0) is 14.8 Å². The Morgan fingerprint density at radius 1 is 1.30 bits per heavy atom. The zero-order chi connectivity index (χ0) is 17.0. The fourth-order valence-corrected chi connectivity index (χ4v) is 3.40. The standard InChI is InChI=1S/C15H21N3O3S2/c1-3-10(2)18-23(20,21)13-8-6-12(7-9-13)16-15(22)17-14(19)11-4-5-11/h6-11,18H,3-5H2,1-2H3,(H2,16,17,19,22). The maximum Gasteiger partial charge on any atom is 0.240 e. The van der Waals surface area contributed by atoms with Crippen molar-refractivity contribution in [3.8, 4) is 0 Å². The molecule has 8 heteroatoms. The third-order valence-electron chi connectivity index (χ3n) is 3.58. The van der Waals surface area contributed by atoms with Gasteiger partial charge in [0.1, 0.15) is 0 Å². The zero-order valence-electron chi connectivity index (χ0n) is 13.1. The van der Waals surface area contributed by atoms with E-state index in [0.29, 0.717) is 12.1 Å². The van der Waals surface area contributed by atoms with Gasteiger partial charge in [0.25, 0.3) is 0 Å². The number of anilines is 1. The summed E-state index contributed by atoms with van der Waals surface area (Å²) in [7, 11) is -3.52.